The summed E-state index contributed by atoms with van der Waals surface area (Å²) in [6, 6.07) is 2.36. The molecule has 18 nitrogen and oxygen atoms in total. The molecule has 8 atom stereocenters. The molecule has 0 aliphatic carbocycles. The number of hydrogen-bond acceptors (Lipinski definition) is 12. The number of ether oxygens (including phenoxy) is 2. The summed E-state index contributed by atoms with van der Waals surface area (Å²) in [6.45, 7) is 27.2. The van der Waals surface area contributed by atoms with Gasteiger partial charge in [0.2, 0.25) is 5.91 Å². The topological polar surface area (TPSA) is 226 Å². The zero-order chi connectivity index (χ0) is 43.6. The molecule has 58 heavy (non-hydrogen) atoms. The van der Waals surface area contributed by atoms with Gasteiger partial charge in [0.1, 0.15) is 30.0 Å². The van der Waals surface area contributed by atoms with Crippen LogP contribution in [0.25, 0.3) is 10.4 Å². The zero-order valence-electron chi connectivity index (χ0n) is 36.5. The van der Waals surface area contributed by atoms with Crippen LogP contribution in [-0.4, -0.2) is 116 Å². The zero-order valence-corrected chi connectivity index (χ0v) is 38.5. The number of nitrogens with one attached hydrogen (secondary N) is 2. The van der Waals surface area contributed by atoms with Crippen LogP contribution in [0.15, 0.2) is 27.0 Å². The Balaban J connectivity index is 1.86. The minimum Gasteiger partial charge on any atom is -0.444 e. The molecule has 324 valence electrons. The highest BCUT2D eigenvalue weighted by molar-refractivity contribution is 6.74. The van der Waals surface area contributed by atoms with Gasteiger partial charge >= 0.3 is 11.8 Å². The lowest BCUT2D eigenvalue weighted by molar-refractivity contribution is -0.202. The van der Waals surface area contributed by atoms with Gasteiger partial charge < -0.3 is 28.5 Å². The number of nitriles is 1. The Kier molecular flexibility index (Phi) is 14.6. The highest BCUT2D eigenvalue weighted by Gasteiger charge is 2.63. The third-order valence-electron chi connectivity index (χ3n) is 12.1. The summed E-state index contributed by atoms with van der Waals surface area (Å²) in [6.07, 6.45) is -2.97. The van der Waals surface area contributed by atoms with E-state index in [1.54, 1.807) is 30.7 Å². The molecule has 3 aliphatic rings. The molecule has 3 saturated heterocycles. The van der Waals surface area contributed by atoms with Crippen molar-refractivity contribution >= 4 is 28.6 Å². The maximum absolute atomic E-state index is 14.9. The van der Waals surface area contributed by atoms with Gasteiger partial charge in [-0.25, -0.2) is 9.59 Å². The number of piperidine rings is 1. The molecule has 2 N–H and O–H groups in total. The minimum atomic E-state index is -2.66. The molecule has 0 spiro atoms. The number of carbonyl (C=O) groups is 2. The number of H-pyrrole nitrogens is 1. The Bertz CT molecular complexity index is 1840. The molecule has 0 aromatic carbocycles. The molecule has 1 aromatic heterocycles. The summed E-state index contributed by atoms with van der Waals surface area (Å²) < 4.78 is 28.2. The van der Waals surface area contributed by atoms with Gasteiger partial charge in [-0.15, -0.1) is 0 Å². The van der Waals surface area contributed by atoms with Gasteiger partial charge in [0.15, 0.2) is 22.9 Å². The first-order valence-corrected chi connectivity index (χ1v) is 26.0. The van der Waals surface area contributed by atoms with Gasteiger partial charge in [0, 0.05) is 49.4 Å². The van der Waals surface area contributed by atoms with Crippen LogP contribution in [0.2, 0.25) is 36.3 Å². The standard InChI is InChI=1S/C38H65N9O9Si2/c1-36(2,3)53-35(51)41-18-15-20-47-25-22-24(23-42-44-40)45(19-14-17-39)32(49)27(25)28(54-47)29-30(55-57(10,11)37(4,5)6)31(56-58(12,13)38(7,8)9)33(52-29)46-21-16-26(48)43-34(46)50/h16,21,24-25,27-31,33H,14-15,18-20,22-23H2,1-13H3,(H,41,51)(H,43,48,50)/t24-,25+,27-,28-,29+,30+,31+,33+/m0/s1. The van der Waals surface area contributed by atoms with Crippen LogP contribution < -0.4 is 16.6 Å². The third-order valence-corrected chi connectivity index (χ3v) is 21.1. The van der Waals surface area contributed by atoms with Crippen molar-refractivity contribution in [3.8, 4) is 6.07 Å². The van der Waals surface area contributed by atoms with E-state index in [1.807, 2.05) is 0 Å². The Morgan fingerprint density at radius 2 is 1.64 bits per heavy atom. The lowest BCUT2D eigenvalue weighted by Gasteiger charge is -2.45. The van der Waals surface area contributed by atoms with Crippen molar-refractivity contribution in [3.05, 3.63) is 43.5 Å². The average Bonchev–Trinajstić information content (AvgIpc) is 3.60. The summed E-state index contributed by atoms with van der Waals surface area (Å²) in [5.41, 5.74) is 7.32. The smallest absolute Gasteiger partial charge is 0.407 e. The molecule has 0 saturated carbocycles. The second-order valence-corrected chi connectivity index (χ2v) is 29.0. The number of nitrogens with zero attached hydrogens (tertiary/aromatic N) is 7. The Hall–Kier alpha value is -3.55. The fraction of sp³-hybridized carbons (Fsp3) is 0.816. The first-order chi connectivity index (χ1) is 26.7. The van der Waals surface area contributed by atoms with Crippen LogP contribution in [0, 0.1) is 17.2 Å². The van der Waals surface area contributed by atoms with Crippen molar-refractivity contribution in [1.82, 2.24) is 24.8 Å². The number of alkyl carbamates (subject to hydrolysis) is 1. The molecule has 4 heterocycles. The summed E-state index contributed by atoms with van der Waals surface area (Å²) >= 11 is 0. The van der Waals surface area contributed by atoms with Crippen molar-refractivity contribution in [2.24, 2.45) is 11.0 Å². The largest absolute Gasteiger partial charge is 0.444 e. The molecule has 2 amide bonds. The van der Waals surface area contributed by atoms with Crippen LogP contribution in [0.4, 0.5) is 4.79 Å². The molecule has 3 aliphatic heterocycles. The number of hydroxylamine groups is 2. The number of hydrogen-bond donors (Lipinski definition) is 2. The number of rotatable bonds is 14. The monoisotopic (exact) mass is 847 g/mol. The van der Waals surface area contributed by atoms with E-state index in [0.29, 0.717) is 19.4 Å². The number of aromatic nitrogens is 2. The number of amides is 2. The van der Waals surface area contributed by atoms with Gasteiger partial charge in [-0.3, -0.25) is 24.0 Å². The molecule has 4 rings (SSSR count). The second kappa shape index (κ2) is 18.0. The fourth-order valence-corrected chi connectivity index (χ4v) is 9.70. The summed E-state index contributed by atoms with van der Waals surface area (Å²) in [5, 5.41) is 17.4. The molecule has 20 heteroatoms. The van der Waals surface area contributed by atoms with E-state index in [0.717, 1.165) is 0 Å². The van der Waals surface area contributed by atoms with Crippen LogP contribution in [0.3, 0.4) is 0 Å². The van der Waals surface area contributed by atoms with Crippen LogP contribution >= 0.6 is 0 Å². The second-order valence-electron chi connectivity index (χ2n) is 19.5. The Morgan fingerprint density at radius 1 is 1.02 bits per heavy atom. The quantitative estimate of drug-likeness (QED) is 0.0775. The molecule has 0 unspecified atom stereocenters. The number of azide groups is 1. The fourth-order valence-electron chi connectivity index (χ4n) is 7.11. The van der Waals surface area contributed by atoms with Gasteiger partial charge in [-0.2, -0.15) is 10.3 Å². The Labute approximate surface area is 343 Å². The van der Waals surface area contributed by atoms with Gasteiger partial charge in [0.05, 0.1) is 24.4 Å². The normalized spacial score (nSPS) is 27.2. The molecule has 3 fully saturated rings. The van der Waals surface area contributed by atoms with Crippen LogP contribution in [-0.2, 0) is 28.0 Å². The summed E-state index contributed by atoms with van der Waals surface area (Å²) in [5.74, 6) is -1.11. The molecule has 1 aromatic rings. The molecule has 0 bridgehead atoms. The first-order valence-electron chi connectivity index (χ1n) is 20.1. The SMILES string of the molecule is CC(C)(C)OC(=O)NCCCN1O[C@H]([C@H]2O[C@@H](n3ccc(=O)[nH]c3=O)[C@H](O[Si](C)(C)C(C)(C)C)[C@@H]2O[Si](C)(C)C(C)(C)C)[C@H]2C(=O)N(CCC#N)[C@H](CN=[N+]=[N-])C[C@H]21. The minimum absolute atomic E-state index is 0.00621. The third kappa shape index (κ3) is 10.8. The van der Waals surface area contributed by atoms with Crippen molar-refractivity contribution in [3.63, 3.8) is 0 Å². The highest BCUT2D eigenvalue weighted by atomic mass is 28.4. The van der Waals surface area contributed by atoms with Gasteiger partial charge in [-0.1, -0.05) is 46.7 Å². The van der Waals surface area contributed by atoms with E-state index in [4.69, 9.17) is 23.2 Å². The average molecular weight is 848 g/mol. The van der Waals surface area contributed by atoms with Crippen molar-refractivity contribution in [1.29, 1.82) is 5.26 Å². The number of carbonyl (C=O) groups excluding carboxylic acids is 2. The number of fused-ring (bicyclic) bond motifs is 1. The molecular formula is C38H65N9O9Si2. The van der Waals surface area contributed by atoms with E-state index >= 15 is 0 Å². The summed E-state index contributed by atoms with van der Waals surface area (Å²) in [7, 11) is -5.29. The number of aromatic amines is 1. The predicted octanol–water partition coefficient (Wildman–Crippen LogP) is 5.56. The highest BCUT2D eigenvalue weighted by Crippen LogP contribution is 2.49. The van der Waals surface area contributed by atoms with Gasteiger partial charge in [-0.05, 0) is 75.4 Å². The lowest BCUT2D eigenvalue weighted by atomic mass is 9.81. The van der Waals surface area contributed by atoms with Crippen molar-refractivity contribution in [2.45, 2.75) is 166 Å². The Morgan fingerprint density at radius 3 is 2.19 bits per heavy atom. The molecule has 0 radical (unpaired) electrons. The number of likely N-dealkylation sites (tertiary alicyclic amines) is 1. The lowest BCUT2D eigenvalue weighted by Crippen LogP contribution is -2.60. The van der Waals surface area contributed by atoms with E-state index < -0.39 is 88.2 Å². The predicted molar refractivity (Wildman–Crippen MR) is 221 cm³/mol. The van der Waals surface area contributed by atoms with Crippen LogP contribution in [0.5, 0.6) is 0 Å². The van der Waals surface area contributed by atoms with E-state index in [2.05, 4.69) is 94.1 Å². The maximum atomic E-state index is 14.9. The van der Waals surface area contributed by atoms with Crippen molar-refractivity contribution < 1.29 is 32.8 Å². The first kappa shape index (κ1) is 47.1. The maximum Gasteiger partial charge on any atom is 0.407 e. The molecular weight excluding hydrogens is 783 g/mol. The van der Waals surface area contributed by atoms with E-state index in [-0.39, 0.29) is 42.0 Å². The van der Waals surface area contributed by atoms with E-state index in [1.165, 1.54) is 16.8 Å². The van der Waals surface area contributed by atoms with E-state index in [9.17, 15) is 30.0 Å². The van der Waals surface area contributed by atoms with Crippen LogP contribution in [0.1, 0.15) is 87.8 Å². The summed E-state index contributed by atoms with van der Waals surface area (Å²) in [4.78, 5) is 66.9. The van der Waals surface area contributed by atoms with Crippen molar-refractivity contribution in [2.75, 3.05) is 26.2 Å². The van der Waals surface area contributed by atoms with Gasteiger partial charge in [0.25, 0.3) is 5.56 Å².